The topological polar surface area (TPSA) is 42.0 Å². The number of methoxy groups -OCH3 is 1. The van der Waals surface area contributed by atoms with Gasteiger partial charge in [-0.05, 0) is 54.4 Å². The summed E-state index contributed by atoms with van der Waals surface area (Å²) >= 11 is 0. The van der Waals surface area contributed by atoms with E-state index < -0.39 is 0 Å². The van der Waals surface area contributed by atoms with Crippen molar-refractivity contribution in [3.05, 3.63) is 78.4 Å². The second kappa shape index (κ2) is 9.56. The van der Waals surface area contributed by atoms with E-state index in [2.05, 4.69) is 48.2 Å². The Bertz CT molecular complexity index is 990. The van der Waals surface area contributed by atoms with Crippen LogP contribution < -0.4 is 14.4 Å². The molecule has 1 aliphatic heterocycles. The normalized spacial score (nSPS) is 13.7. The van der Waals surface area contributed by atoms with Crippen LogP contribution in [0.5, 0.6) is 11.5 Å². The van der Waals surface area contributed by atoms with Gasteiger partial charge in [-0.15, -0.1) is 0 Å². The number of carbonyl (C=O) groups excluding carboxylic acids is 1. The van der Waals surface area contributed by atoms with Crippen LogP contribution in [-0.2, 0) is 4.79 Å². The average Bonchev–Trinajstić information content (AvgIpc) is 2.83. The van der Waals surface area contributed by atoms with Gasteiger partial charge < -0.3 is 19.3 Å². The highest BCUT2D eigenvalue weighted by Gasteiger charge is 2.21. The molecule has 3 aromatic rings. The van der Waals surface area contributed by atoms with E-state index in [0.29, 0.717) is 18.8 Å². The van der Waals surface area contributed by atoms with E-state index in [4.69, 9.17) is 9.47 Å². The molecule has 0 aliphatic carbocycles. The largest absolute Gasteiger partial charge is 0.497 e. The maximum atomic E-state index is 12.6. The quantitative estimate of drug-likeness (QED) is 0.597. The third-order valence-electron chi connectivity index (χ3n) is 5.67. The van der Waals surface area contributed by atoms with Gasteiger partial charge in [-0.25, -0.2) is 0 Å². The second-order valence-corrected chi connectivity index (χ2v) is 7.74. The summed E-state index contributed by atoms with van der Waals surface area (Å²) in [6.07, 6.45) is 0. The Hall–Kier alpha value is -3.47. The Morgan fingerprint density at radius 3 is 1.90 bits per heavy atom. The lowest BCUT2D eigenvalue weighted by atomic mass is 10.0. The van der Waals surface area contributed by atoms with E-state index in [0.717, 1.165) is 30.1 Å². The molecule has 0 saturated carbocycles. The summed E-state index contributed by atoms with van der Waals surface area (Å²) in [7, 11) is 1.67. The second-order valence-electron chi connectivity index (χ2n) is 7.74. The number of nitrogens with zero attached hydrogens (tertiary/aromatic N) is 2. The minimum absolute atomic E-state index is 0.0250. The van der Waals surface area contributed by atoms with Gasteiger partial charge in [0.1, 0.15) is 11.5 Å². The molecule has 0 spiro atoms. The zero-order valence-electron chi connectivity index (χ0n) is 18.1. The molecule has 0 atom stereocenters. The maximum absolute atomic E-state index is 12.6. The minimum atomic E-state index is 0.0250. The fourth-order valence-electron chi connectivity index (χ4n) is 3.73. The van der Waals surface area contributed by atoms with E-state index in [1.165, 1.54) is 11.1 Å². The van der Waals surface area contributed by atoms with Gasteiger partial charge in [-0.3, -0.25) is 4.79 Å². The molecule has 1 fully saturated rings. The maximum Gasteiger partial charge on any atom is 0.260 e. The van der Waals surface area contributed by atoms with Crippen LogP contribution in [0, 0.1) is 6.92 Å². The zero-order chi connectivity index (χ0) is 21.6. The molecule has 0 N–H and O–H groups in total. The van der Waals surface area contributed by atoms with Gasteiger partial charge >= 0.3 is 0 Å². The van der Waals surface area contributed by atoms with Crippen LogP contribution in [0.1, 0.15) is 5.56 Å². The highest BCUT2D eigenvalue weighted by atomic mass is 16.5. The summed E-state index contributed by atoms with van der Waals surface area (Å²) in [6, 6.07) is 24.4. The Kier molecular flexibility index (Phi) is 6.41. The van der Waals surface area contributed by atoms with Crippen molar-refractivity contribution in [3.8, 4) is 22.6 Å². The fraction of sp³-hybridized carbons (Fsp3) is 0.269. The summed E-state index contributed by atoms with van der Waals surface area (Å²) in [6.45, 7) is 5.15. The molecular formula is C26H28N2O3. The molecule has 1 aliphatic rings. The lowest BCUT2D eigenvalue weighted by Gasteiger charge is -2.36. The number of piperazine rings is 1. The molecule has 31 heavy (non-hydrogen) atoms. The SMILES string of the molecule is COc1ccc(N2CCN(C(=O)COc3ccc(-c4ccc(C)cc4)cc3)CC2)cc1. The van der Waals surface area contributed by atoms with Crippen LogP contribution in [0.15, 0.2) is 72.8 Å². The minimum Gasteiger partial charge on any atom is -0.497 e. The molecular weight excluding hydrogens is 388 g/mol. The fourth-order valence-corrected chi connectivity index (χ4v) is 3.73. The van der Waals surface area contributed by atoms with E-state index in [9.17, 15) is 4.79 Å². The van der Waals surface area contributed by atoms with Gasteiger partial charge in [0.05, 0.1) is 7.11 Å². The monoisotopic (exact) mass is 416 g/mol. The van der Waals surface area contributed by atoms with Crippen molar-refractivity contribution in [2.24, 2.45) is 0 Å². The zero-order valence-corrected chi connectivity index (χ0v) is 18.1. The Morgan fingerprint density at radius 1 is 0.774 bits per heavy atom. The van der Waals surface area contributed by atoms with Crippen molar-refractivity contribution in [1.82, 2.24) is 4.90 Å². The molecule has 0 aromatic heterocycles. The number of hydrogen-bond donors (Lipinski definition) is 0. The number of aryl methyl sites for hydroxylation is 1. The first kappa shape index (κ1) is 20.8. The lowest BCUT2D eigenvalue weighted by molar-refractivity contribution is -0.133. The first-order valence-electron chi connectivity index (χ1n) is 10.6. The van der Waals surface area contributed by atoms with Crippen LogP contribution in [0.3, 0.4) is 0 Å². The predicted octanol–water partition coefficient (Wildman–Crippen LogP) is 4.40. The molecule has 0 bridgehead atoms. The molecule has 1 heterocycles. The van der Waals surface area contributed by atoms with Crippen LogP contribution in [0.25, 0.3) is 11.1 Å². The van der Waals surface area contributed by atoms with Crippen LogP contribution in [0.4, 0.5) is 5.69 Å². The smallest absolute Gasteiger partial charge is 0.260 e. The van der Waals surface area contributed by atoms with Gasteiger partial charge in [0, 0.05) is 31.9 Å². The van der Waals surface area contributed by atoms with Crippen LogP contribution in [0.2, 0.25) is 0 Å². The van der Waals surface area contributed by atoms with E-state index in [1.54, 1.807) is 7.11 Å². The van der Waals surface area contributed by atoms with Gasteiger partial charge in [0.15, 0.2) is 6.61 Å². The Balaban J connectivity index is 1.26. The molecule has 5 heteroatoms. The molecule has 0 unspecified atom stereocenters. The first-order valence-corrected chi connectivity index (χ1v) is 10.6. The van der Waals surface area contributed by atoms with E-state index in [-0.39, 0.29) is 12.5 Å². The summed E-state index contributed by atoms with van der Waals surface area (Å²) in [4.78, 5) is 16.7. The highest BCUT2D eigenvalue weighted by Crippen LogP contribution is 2.23. The summed E-state index contributed by atoms with van der Waals surface area (Å²) in [5.41, 5.74) is 4.70. The van der Waals surface area contributed by atoms with Crippen LogP contribution >= 0.6 is 0 Å². The number of rotatable bonds is 6. The molecule has 160 valence electrons. The van der Waals surface area contributed by atoms with Crippen molar-refractivity contribution in [2.45, 2.75) is 6.92 Å². The van der Waals surface area contributed by atoms with Crippen molar-refractivity contribution in [1.29, 1.82) is 0 Å². The van der Waals surface area contributed by atoms with E-state index in [1.807, 2.05) is 41.3 Å². The molecule has 1 saturated heterocycles. The van der Waals surface area contributed by atoms with Crippen LogP contribution in [-0.4, -0.2) is 50.7 Å². The molecule has 3 aromatic carbocycles. The van der Waals surface area contributed by atoms with Gasteiger partial charge in [0.25, 0.3) is 5.91 Å². The summed E-state index contributed by atoms with van der Waals surface area (Å²) in [5, 5.41) is 0. The molecule has 0 radical (unpaired) electrons. The lowest BCUT2D eigenvalue weighted by Crippen LogP contribution is -2.50. The third-order valence-corrected chi connectivity index (χ3v) is 5.67. The number of ether oxygens (including phenoxy) is 2. The number of amides is 1. The predicted molar refractivity (Wildman–Crippen MR) is 124 cm³/mol. The Morgan fingerprint density at radius 2 is 1.32 bits per heavy atom. The number of anilines is 1. The molecule has 5 nitrogen and oxygen atoms in total. The average molecular weight is 417 g/mol. The molecule has 1 amide bonds. The van der Waals surface area contributed by atoms with Crippen molar-refractivity contribution >= 4 is 11.6 Å². The standard InChI is InChI=1S/C26H28N2O3/c1-20-3-5-21(6-4-20)22-7-11-25(12-8-22)31-19-26(29)28-17-15-27(16-18-28)23-9-13-24(30-2)14-10-23/h3-14H,15-19H2,1-2H3. The molecule has 4 rings (SSSR count). The van der Waals surface area contributed by atoms with Gasteiger partial charge in [-0.2, -0.15) is 0 Å². The van der Waals surface area contributed by atoms with Crippen molar-refractivity contribution in [3.63, 3.8) is 0 Å². The number of hydrogen-bond acceptors (Lipinski definition) is 4. The van der Waals surface area contributed by atoms with Gasteiger partial charge in [-0.1, -0.05) is 42.0 Å². The number of carbonyl (C=O) groups is 1. The van der Waals surface area contributed by atoms with E-state index >= 15 is 0 Å². The first-order chi connectivity index (χ1) is 15.1. The third kappa shape index (κ3) is 5.18. The highest BCUT2D eigenvalue weighted by molar-refractivity contribution is 5.78. The Labute approximate surface area is 183 Å². The summed E-state index contributed by atoms with van der Waals surface area (Å²) in [5.74, 6) is 1.58. The number of benzene rings is 3. The van der Waals surface area contributed by atoms with Gasteiger partial charge in [0.2, 0.25) is 0 Å². The van der Waals surface area contributed by atoms with Crippen molar-refractivity contribution in [2.75, 3.05) is 44.8 Å². The van der Waals surface area contributed by atoms with Crippen molar-refractivity contribution < 1.29 is 14.3 Å². The summed E-state index contributed by atoms with van der Waals surface area (Å²) < 4.78 is 11.0.